The van der Waals surface area contributed by atoms with Crippen LogP contribution in [-0.4, -0.2) is 109 Å². The molecule has 3 aromatic heterocycles. The molecule has 2 saturated heterocycles. The third-order valence-corrected chi connectivity index (χ3v) is 13.5. The Kier molecular flexibility index (Phi) is 16.0. The summed E-state index contributed by atoms with van der Waals surface area (Å²) in [7, 11) is -2.73. The third-order valence-electron chi connectivity index (χ3n) is 10.1. The van der Waals surface area contributed by atoms with Gasteiger partial charge >= 0.3 is 63.4 Å². The van der Waals surface area contributed by atoms with E-state index in [1.54, 1.807) is 23.0 Å². The van der Waals surface area contributed by atoms with Crippen LogP contribution < -0.4 is 56.3 Å². The van der Waals surface area contributed by atoms with Gasteiger partial charge in [0, 0.05) is 64.7 Å². The summed E-state index contributed by atoms with van der Waals surface area (Å²) in [6, 6.07) is 5.24. The SMILES string of the molecule is C=C(OCC)c1c(C2C[C@H]3CC[C@@H](C2)N3C(=O)OC(C)(C)C)nc2c(-c3ccc(C(=O)O)nc3)cnn2c1N(COCC[Si](C)(C)C)COCC[Si](C)(C)C.[H-].[K+]. The molecule has 5 rings (SSSR count). The molecule has 3 atom stereocenters. The maximum absolute atomic E-state index is 13.5. The molecule has 0 spiro atoms. The number of anilines is 1. The molecule has 2 bridgehead atoms. The van der Waals surface area contributed by atoms with Crippen LogP contribution in [0.15, 0.2) is 31.1 Å². The van der Waals surface area contributed by atoms with Crippen LogP contribution in [0.5, 0.6) is 0 Å². The molecule has 304 valence electrons. The van der Waals surface area contributed by atoms with Gasteiger partial charge in [0.25, 0.3) is 0 Å². The number of rotatable bonds is 17. The number of carbonyl (C=O) groups excluding carboxylic acids is 1. The van der Waals surface area contributed by atoms with Crippen LogP contribution in [0.25, 0.3) is 22.5 Å². The first-order valence-electron chi connectivity index (χ1n) is 19.6. The second-order valence-corrected chi connectivity index (χ2v) is 29.5. The van der Waals surface area contributed by atoms with Crippen molar-refractivity contribution in [1.82, 2.24) is 24.5 Å². The largest absolute Gasteiger partial charge is 1.00 e. The topological polar surface area (TPSA) is 141 Å². The fraction of sp³-hybridized carbons (Fsp3) is 0.625. The molecular weight excluding hydrogens is 772 g/mol. The Hall–Kier alpha value is -2.16. The Balaban J connectivity index is 0.00000435. The standard InChI is InChI=1S/C40H62N6O7Si2.K.H/c1-12-52-27(2)34-35(29-21-30-14-15-31(22-29)45(30)39(49)53-40(3,4)5)43-36-32(28-13-16-33(38(47)48)41-23-28)24-42-46(36)37(34)44(25-50-17-19-54(6,7)8)26-51-18-20-55(9,10)11;;/h13,16,23-24,29-31H,2,12,14-15,17-22,25-26H2,1,3-11H3,(H,47,48);;/q;+1;-1/t29?,30-,31+;;. The summed E-state index contributed by atoms with van der Waals surface area (Å²) in [6.07, 6.45) is 6.19. The molecule has 13 nitrogen and oxygen atoms in total. The number of pyridine rings is 1. The van der Waals surface area contributed by atoms with Crippen LogP contribution in [0.2, 0.25) is 51.4 Å². The Morgan fingerprint density at radius 2 is 1.57 bits per heavy atom. The third kappa shape index (κ3) is 12.0. The summed E-state index contributed by atoms with van der Waals surface area (Å²) < 4.78 is 26.8. The summed E-state index contributed by atoms with van der Waals surface area (Å²) in [5, 5.41) is 14.5. The van der Waals surface area contributed by atoms with Crippen molar-refractivity contribution in [3.05, 3.63) is 48.1 Å². The molecule has 56 heavy (non-hydrogen) atoms. The number of fused-ring (bicyclic) bond motifs is 3. The molecular formula is C40H63KN6O7Si2. The molecule has 3 aromatic rings. The van der Waals surface area contributed by atoms with Gasteiger partial charge in [0.05, 0.1) is 24.1 Å². The average Bonchev–Trinajstić information content (AvgIpc) is 3.62. The molecule has 0 radical (unpaired) electrons. The molecule has 2 aliphatic heterocycles. The minimum atomic E-state index is -1.37. The van der Waals surface area contributed by atoms with E-state index >= 15 is 0 Å². The molecule has 0 aliphatic carbocycles. The van der Waals surface area contributed by atoms with Gasteiger partial charge in [-0.3, -0.25) is 0 Å². The zero-order chi connectivity index (χ0) is 40.3. The van der Waals surface area contributed by atoms with Gasteiger partial charge in [0.1, 0.15) is 36.3 Å². The van der Waals surface area contributed by atoms with E-state index in [0.717, 1.165) is 36.2 Å². The molecule has 1 N–H and O–H groups in total. The number of amides is 1. The van der Waals surface area contributed by atoms with Gasteiger partial charge in [0.15, 0.2) is 5.65 Å². The smallest absolute Gasteiger partial charge is 1.00 e. The van der Waals surface area contributed by atoms with E-state index in [0.29, 0.717) is 61.0 Å². The van der Waals surface area contributed by atoms with E-state index in [1.165, 1.54) is 6.07 Å². The molecule has 0 saturated carbocycles. The minimum Gasteiger partial charge on any atom is -1.00 e. The van der Waals surface area contributed by atoms with Gasteiger partial charge in [-0.05, 0) is 71.5 Å². The number of hydrogen-bond donors (Lipinski definition) is 1. The second-order valence-electron chi connectivity index (χ2n) is 18.3. The van der Waals surface area contributed by atoms with Crippen molar-refractivity contribution < 1.29 is 86.5 Å². The zero-order valence-electron chi connectivity index (χ0n) is 36.6. The van der Waals surface area contributed by atoms with E-state index in [9.17, 15) is 14.7 Å². The number of hydrogen-bond acceptors (Lipinski definition) is 10. The maximum atomic E-state index is 13.5. The number of aromatic carboxylic acids is 1. The predicted molar refractivity (Wildman–Crippen MR) is 222 cm³/mol. The van der Waals surface area contributed by atoms with E-state index in [4.69, 9.17) is 29.0 Å². The zero-order valence-corrected chi connectivity index (χ0v) is 40.7. The summed E-state index contributed by atoms with van der Waals surface area (Å²) >= 11 is 0. The van der Waals surface area contributed by atoms with Gasteiger partial charge in [-0.1, -0.05) is 51.9 Å². The first-order valence-corrected chi connectivity index (χ1v) is 27.0. The van der Waals surface area contributed by atoms with Gasteiger partial charge in [-0.15, -0.1) is 0 Å². The average molecular weight is 835 g/mol. The second kappa shape index (κ2) is 19.3. The van der Waals surface area contributed by atoms with E-state index < -0.39 is 27.7 Å². The normalized spacial score (nSPS) is 18.5. The maximum Gasteiger partial charge on any atom is 1.00 e. The molecule has 0 aromatic carbocycles. The van der Waals surface area contributed by atoms with Crippen LogP contribution in [0.4, 0.5) is 10.6 Å². The molecule has 1 amide bonds. The predicted octanol–water partition coefficient (Wildman–Crippen LogP) is 5.69. The Labute approximate surface area is 378 Å². The monoisotopic (exact) mass is 834 g/mol. The fourth-order valence-electron chi connectivity index (χ4n) is 7.26. The van der Waals surface area contributed by atoms with Crippen molar-refractivity contribution in [2.75, 3.05) is 38.2 Å². The van der Waals surface area contributed by atoms with Crippen LogP contribution in [0, 0.1) is 0 Å². The Morgan fingerprint density at radius 3 is 2.05 bits per heavy atom. The minimum absolute atomic E-state index is 0. The van der Waals surface area contributed by atoms with Gasteiger partial charge in [0.2, 0.25) is 0 Å². The van der Waals surface area contributed by atoms with Crippen molar-refractivity contribution >= 4 is 45.4 Å². The number of aromatic nitrogens is 4. The molecule has 5 heterocycles. The summed E-state index contributed by atoms with van der Waals surface area (Å²) in [6.45, 7) is 28.2. The van der Waals surface area contributed by atoms with E-state index in [2.05, 4.69) is 55.7 Å². The van der Waals surface area contributed by atoms with Gasteiger partial charge < -0.3 is 35.3 Å². The molecule has 16 heteroatoms. The van der Waals surface area contributed by atoms with Crippen molar-refractivity contribution in [2.24, 2.45) is 0 Å². The quantitative estimate of drug-likeness (QED) is 0.0777. The fourth-order valence-corrected chi connectivity index (χ4v) is 8.77. The number of piperidine rings is 1. The summed E-state index contributed by atoms with van der Waals surface area (Å²) in [4.78, 5) is 38.8. The number of carboxylic acid groups (broad SMARTS) is 1. The van der Waals surface area contributed by atoms with Crippen LogP contribution >= 0.6 is 0 Å². The first-order chi connectivity index (χ1) is 25.8. The van der Waals surface area contributed by atoms with Gasteiger partial charge in [-0.25, -0.2) is 19.6 Å². The Bertz CT molecular complexity index is 1810. The Morgan fingerprint density at radius 1 is 0.982 bits per heavy atom. The number of ether oxygens (including phenoxy) is 4. The summed E-state index contributed by atoms with van der Waals surface area (Å²) in [5.74, 6) is 0.0367. The number of nitrogens with zero attached hydrogens (tertiary/aromatic N) is 6. The van der Waals surface area contributed by atoms with E-state index in [-0.39, 0.29) is 96.1 Å². The van der Waals surface area contributed by atoms with Crippen LogP contribution in [0.3, 0.4) is 0 Å². The first kappa shape index (κ1) is 46.5. The van der Waals surface area contributed by atoms with Crippen molar-refractivity contribution in [3.8, 4) is 11.1 Å². The van der Waals surface area contributed by atoms with Crippen molar-refractivity contribution in [1.29, 1.82) is 0 Å². The van der Waals surface area contributed by atoms with Crippen LogP contribution in [0.1, 0.15) is 82.5 Å². The van der Waals surface area contributed by atoms with Crippen molar-refractivity contribution in [3.63, 3.8) is 0 Å². The molecule has 2 fully saturated rings. The molecule has 1 unspecified atom stereocenters. The van der Waals surface area contributed by atoms with Gasteiger partial charge in [-0.2, -0.15) is 9.61 Å². The van der Waals surface area contributed by atoms with Crippen LogP contribution in [-0.2, 0) is 18.9 Å². The summed E-state index contributed by atoms with van der Waals surface area (Å²) in [5.41, 5.74) is 2.88. The molecule has 2 aliphatic rings. The van der Waals surface area contributed by atoms with E-state index in [1.807, 2.05) is 32.6 Å². The number of carboxylic acids is 1. The van der Waals surface area contributed by atoms with Crippen molar-refractivity contribution in [2.45, 2.75) is 128 Å². The number of carbonyl (C=O) groups is 2.